The van der Waals surface area contributed by atoms with Crippen LogP contribution >= 0.6 is 0 Å². The van der Waals surface area contributed by atoms with Crippen molar-refractivity contribution in [3.63, 3.8) is 0 Å². The lowest BCUT2D eigenvalue weighted by Crippen LogP contribution is -2.00. The lowest BCUT2D eigenvalue weighted by molar-refractivity contribution is 0.668. The molecular weight excluding hydrogens is 773 g/mol. The fourth-order valence-electron chi connectivity index (χ4n) is 9.18. The summed E-state index contributed by atoms with van der Waals surface area (Å²) >= 11 is 0. The van der Waals surface area contributed by atoms with Crippen LogP contribution in [0.25, 0.3) is 128 Å². The Hall–Kier alpha value is -8.61. The molecule has 0 aliphatic heterocycles. The van der Waals surface area contributed by atoms with Crippen molar-refractivity contribution in [2.45, 2.75) is 0 Å². The molecule has 0 amide bonds. The Balaban J connectivity index is 0.912. The van der Waals surface area contributed by atoms with Crippen LogP contribution in [0.2, 0.25) is 0 Å². The van der Waals surface area contributed by atoms with Crippen LogP contribution in [0, 0.1) is 0 Å². The second kappa shape index (κ2) is 14.0. The van der Waals surface area contributed by atoms with Crippen molar-refractivity contribution >= 4 is 65.7 Å². The molecule has 13 aromatic rings. The summed E-state index contributed by atoms with van der Waals surface area (Å²) in [5.41, 5.74) is 13.9. The van der Waals surface area contributed by atoms with Crippen LogP contribution in [-0.4, -0.2) is 19.5 Å². The number of hydrogen-bond acceptors (Lipinski definition) is 5. The standard InChI is InChI=1S/C57H34N4O2/c1-4-12-35(13-5-1)37-23-28-49-47(30-37)43-25-20-38(32-50(43)61(49)42-16-8-3-9-17-42)39-21-26-46-48-31-40(24-29-52(48)63-53(46)33-39)56-58-55(36-14-6-2-7-15-36)59-57(60-56)41-22-27-45-44-18-10-11-19-51(44)62-54(45)34-41/h1-34H. The van der Waals surface area contributed by atoms with Crippen molar-refractivity contribution in [2.75, 3.05) is 0 Å². The number of hydrogen-bond donors (Lipinski definition) is 0. The van der Waals surface area contributed by atoms with Crippen molar-refractivity contribution in [3.8, 4) is 62.1 Å². The fourth-order valence-corrected chi connectivity index (χ4v) is 9.18. The Kier molecular flexibility index (Phi) is 7.80. The predicted molar refractivity (Wildman–Crippen MR) is 256 cm³/mol. The van der Waals surface area contributed by atoms with Crippen LogP contribution < -0.4 is 0 Å². The maximum absolute atomic E-state index is 6.57. The van der Waals surface area contributed by atoms with E-state index >= 15 is 0 Å². The van der Waals surface area contributed by atoms with Crippen molar-refractivity contribution in [2.24, 2.45) is 0 Å². The lowest BCUT2D eigenvalue weighted by Gasteiger charge is -2.09. The first-order valence-corrected chi connectivity index (χ1v) is 21.1. The van der Waals surface area contributed by atoms with E-state index < -0.39 is 0 Å². The van der Waals surface area contributed by atoms with Gasteiger partial charge in [0.2, 0.25) is 0 Å². The molecule has 0 atom stereocenters. The molecule has 0 saturated carbocycles. The SMILES string of the molecule is c1ccc(-c2ccc3c(c2)c2ccc(-c4ccc5c(c4)oc4ccc(-c6nc(-c7ccccc7)nc(-c7ccc8c(c7)oc7ccccc78)n6)cc45)cc2n3-c2ccccc2)cc1. The highest BCUT2D eigenvalue weighted by atomic mass is 16.3. The van der Waals surface area contributed by atoms with E-state index in [0.29, 0.717) is 17.5 Å². The zero-order valence-corrected chi connectivity index (χ0v) is 33.7. The first-order chi connectivity index (χ1) is 31.2. The van der Waals surface area contributed by atoms with Crippen LogP contribution in [0.5, 0.6) is 0 Å². The first-order valence-electron chi connectivity index (χ1n) is 21.1. The molecule has 0 fully saturated rings. The number of rotatable bonds is 6. The van der Waals surface area contributed by atoms with Gasteiger partial charge in [0.25, 0.3) is 0 Å². The number of para-hydroxylation sites is 2. The van der Waals surface area contributed by atoms with E-state index in [2.05, 4.69) is 144 Å². The number of fused-ring (bicyclic) bond motifs is 9. The van der Waals surface area contributed by atoms with Crippen LogP contribution in [0.1, 0.15) is 0 Å². The highest BCUT2D eigenvalue weighted by Gasteiger charge is 2.18. The summed E-state index contributed by atoms with van der Waals surface area (Å²) in [4.78, 5) is 15.1. The first kappa shape index (κ1) is 35.2. The van der Waals surface area contributed by atoms with E-state index in [1.165, 1.54) is 27.4 Å². The van der Waals surface area contributed by atoms with E-state index in [4.69, 9.17) is 23.8 Å². The molecule has 0 aliphatic carbocycles. The average Bonchev–Trinajstić information content (AvgIpc) is 4.02. The molecule has 0 N–H and O–H groups in total. The third-order valence-corrected chi connectivity index (χ3v) is 12.3. The van der Waals surface area contributed by atoms with Gasteiger partial charge < -0.3 is 13.4 Å². The van der Waals surface area contributed by atoms with Crippen LogP contribution in [0.3, 0.4) is 0 Å². The number of furan rings is 2. The number of benzene rings is 9. The topological polar surface area (TPSA) is 69.9 Å². The zero-order chi connectivity index (χ0) is 41.4. The molecular formula is C57H34N4O2. The monoisotopic (exact) mass is 806 g/mol. The van der Waals surface area contributed by atoms with Gasteiger partial charge in [-0.1, -0.05) is 127 Å². The molecule has 294 valence electrons. The normalized spacial score (nSPS) is 11.8. The van der Waals surface area contributed by atoms with Gasteiger partial charge in [0.05, 0.1) is 11.0 Å². The predicted octanol–water partition coefficient (Wildman–Crippen LogP) is 15.1. The molecule has 4 heterocycles. The Labute approximate surface area is 361 Å². The van der Waals surface area contributed by atoms with E-state index in [0.717, 1.165) is 82.9 Å². The zero-order valence-electron chi connectivity index (χ0n) is 33.7. The third kappa shape index (κ3) is 5.84. The molecule has 0 spiro atoms. The van der Waals surface area contributed by atoms with Gasteiger partial charge in [-0.3, -0.25) is 0 Å². The summed E-state index contributed by atoms with van der Waals surface area (Å²) in [5, 5.41) is 6.59. The Morgan fingerprint density at radius 2 is 0.746 bits per heavy atom. The highest BCUT2D eigenvalue weighted by Crippen LogP contribution is 2.40. The third-order valence-electron chi connectivity index (χ3n) is 12.3. The van der Waals surface area contributed by atoms with Crippen LogP contribution in [0.4, 0.5) is 0 Å². The van der Waals surface area contributed by atoms with Gasteiger partial charge in [-0.15, -0.1) is 0 Å². The van der Waals surface area contributed by atoms with Gasteiger partial charge in [-0.25, -0.2) is 15.0 Å². The van der Waals surface area contributed by atoms with E-state index in [1.807, 2.05) is 66.7 Å². The summed E-state index contributed by atoms with van der Waals surface area (Å²) in [6.45, 7) is 0. The second-order valence-corrected chi connectivity index (χ2v) is 16.0. The second-order valence-electron chi connectivity index (χ2n) is 16.0. The van der Waals surface area contributed by atoms with Crippen LogP contribution in [0.15, 0.2) is 215 Å². The molecule has 9 aromatic carbocycles. The molecule has 63 heavy (non-hydrogen) atoms. The molecule has 6 heteroatoms. The molecule has 0 bridgehead atoms. The Bertz CT molecular complexity index is 3900. The molecule has 0 aliphatic rings. The van der Waals surface area contributed by atoms with Gasteiger partial charge in [0, 0.05) is 54.7 Å². The van der Waals surface area contributed by atoms with Gasteiger partial charge in [-0.2, -0.15) is 0 Å². The molecule has 0 radical (unpaired) electrons. The number of nitrogens with zero attached hydrogens (tertiary/aromatic N) is 4. The minimum absolute atomic E-state index is 0.572. The Morgan fingerprint density at radius 3 is 1.49 bits per heavy atom. The van der Waals surface area contributed by atoms with E-state index in [-0.39, 0.29) is 0 Å². The minimum atomic E-state index is 0.572. The van der Waals surface area contributed by atoms with Gasteiger partial charge >= 0.3 is 0 Å². The van der Waals surface area contributed by atoms with E-state index in [1.54, 1.807) is 0 Å². The summed E-state index contributed by atoms with van der Waals surface area (Å²) in [6, 6.07) is 71.8. The summed E-state index contributed by atoms with van der Waals surface area (Å²) in [6.07, 6.45) is 0. The summed E-state index contributed by atoms with van der Waals surface area (Å²) < 4.78 is 15.2. The van der Waals surface area contributed by atoms with E-state index in [9.17, 15) is 0 Å². The summed E-state index contributed by atoms with van der Waals surface area (Å²) in [5.74, 6) is 1.75. The van der Waals surface area contributed by atoms with Gasteiger partial charge in [0.1, 0.15) is 22.3 Å². The van der Waals surface area contributed by atoms with Crippen molar-refractivity contribution in [1.29, 1.82) is 0 Å². The van der Waals surface area contributed by atoms with Crippen LogP contribution in [-0.2, 0) is 0 Å². The van der Waals surface area contributed by atoms with Crippen molar-refractivity contribution in [1.82, 2.24) is 19.5 Å². The smallest absolute Gasteiger partial charge is 0.164 e. The van der Waals surface area contributed by atoms with Gasteiger partial charge in [-0.05, 0) is 101 Å². The van der Waals surface area contributed by atoms with Crippen molar-refractivity contribution < 1.29 is 8.83 Å². The number of aromatic nitrogens is 4. The Morgan fingerprint density at radius 1 is 0.270 bits per heavy atom. The minimum Gasteiger partial charge on any atom is -0.456 e. The quantitative estimate of drug-likeness (QED) is 0.167. The maximum Gasteiger partial charge on any atom is 0.164 e. The fraction of sp³-hybridized carbons (Fsp3) is 0. The molecule has 6 nitrogen and oxygen atoms in total. The highest BCUT2D eigenvalue weighted by molar-refractivity contribution is 6.12. The average molecular weight is 807 g/mol. The largest absolute Gasteiger partial charge is 0.456 e. The molecule has 13 rings (SSSR count). The maximum atomic E-state index is 6.57. The molecule has 4 aromatic heterocycles. The lowest BCUT2D eigenvalue weighted by atomic mass is 10.00. The molecule has 0 saturated heterocycles. The summed E-state index contributed by atoms with van der Waals surface area (Å²) in [7, 11) is 0. The van der Waals surface area contributed by atoms with Gasteiger partial charge in [0.15, 0.2) is 17.5 Å². The molecule has 0 unspecified atom stereocenters. The van der Waals surface area contributed by atoms with Crippen molar-refractivity contribution in [3.05, 3.63) is 206 Å².